The summed E-state index contributed by atoms with van der Waals surface area (Å²) in [5.74, 6) is 1.16. The van der Waals surface area contributed by atoms with E-state index in [1.807, 2.05) is 35.8 Å². The molecule has 188 valence electrons. The number of aromatic nitrogens is 3. The zero-order chi connectivity index (χ0) is 25.6. The molecule has 0 unspecified atom stereocenters. The van der Waals surface area contributed by atoms with E-state index >= 15 is 0 Å². The van der Waals surface area contributed by atoms with E-state index in [1.54, 1.807) is 0 Å². The van der Waals surface area contributed by atoms with Crippen LogP contribution in [0.5, 0.6) is 0 Å². The third kappa shape index (κ3) is 4.74. The number of rotatable bonds is 6. The second kappa shape index (κ2) is 9.32. The van der Waals surface area contributed by atoms with Crippen molar-refractivity contribution in [1.29, 1.82) is 0 Å². The normalized spacial score (nSPS) is 15.2. The van der Waals surface area contributed by atoms with Crippen LogP contribution in [0.15, 0.2) is 48.5 Å². The molecule has 2 aromatic carbocycles. The lowest BCUT2D eigenvalue weighted by Gasteiger charge is -2.32. The third-order valence-electron chi connectivity index (χ3n) is 7.05. The summed E-state index contributed by atoms with van der Waals surface area (Å²) in [4.78, 5) is 9.00. The minimum Gasteiger partial charge on any atom is -0.398 e. The number of aryl methyl sites for hydroxylation is 1. The van der Waals surface area contributed by atoms with Crippen molar-refractivity contribution in [3.63, 3.8) is 0 Å². The van der Waals surface area contributed by atoms with Crippen molar-refractivity contribution in [3.05, 3.63) is 70.5 Å². The maximum absolute atomic E-state index is 13.2. The summed E-state index contributed by atoms with van der Waals surface area (Å²) < 4.78 is 41.7. The Morgan fingerprint density at radius 2 is 1.92 bits per heavy atom. The SMILES string of the molecule is Cc1cccc(-c2cc3nc(Cl)nc(N[C@H](C)C4CCC4)c3n2Cc2ccc(C(F)(F)F)cc2N)c1. The van der Waals surface area contributed by atoms with Gasteiger partial charge in [-0.3, -0.25) is 0 Å². The molecule has 2 heterocycles. The van der Waals surface area contributed by atoms with Crippen LogP contribution < -0.4 is 11.1 Å². The van der Waals surface area contributed by atoms with E-state index in [1.165, 1.54) is 12.5 Å². The van der Waals surface area contributed by atoms with Crippen LogP contribution in [0, 0.1) is 12.8 Å². The molecule has 1 saturated carbocycles. The summed E-state index contributed by atoms with van der Waals surface area (Å²) in [6.45, 7) is 4.39. The van der Waals surface area contributed by atoms with Crippen LogP contribution in [-0.2, 0) is 12.7 Å². The van der Waals surface area contributed by atoms with E-state index in [0.29, 0.717) is 22.8 Å². The Morgan fingerprint density at radius 1 is 1.14 bits per heavy atom. The van der Waals surface area contributed by atoms with Gasteiger partial charge in [-0.1, -0.05) is 36.2 Å². The number of fused-ring (bicyclic) bond motifs is 1. The molecule has 5 nitrogen and oxygen atoms in total. The van der Waals surface area contributed by atoms with Crippen LogP contribution in [0.25, 0.3) is 22.3 Å². The number of nitrogens with one attached hydrogen (secondary N) is 1. The van der Waals surface area contributed by atoms with Gasteiger partial charge < -0.3 is 15.6 Å². The first-order valence-corrected chi connectivity index (χ1v) is 12.3. The minimum absolute atomic E-state index is 0.0779. The Bertz CT molecular complexity index is 1430. The molecule has 1 aliphatic carbocycles. The van der Waals surface area contributed by atoms with Crippen LogP contribution >= 0.6 is 11.6 Å². The smallest absolute Gasteiger partial charge is 0.398 e. The van der Waals surface area contributed by atoms with Crippen molar-refractivity contribution in [1.82, 2.24) is 14.5 Å². The summed E-state index contributed by atoms with van der Waals surface area (Å²) in [7, 11) is 0. The first-order chi connectivity index (χ1) is 17.1. The number of benzene rings is 2. The summed E-state index contributed by atoms with van der Waals surface area (Å²) in [5, 5.41) is 3.67. The second-order valence-electron chi connectivity index (χ2n) is 9.60. The van der Waals surface area contributed by atoms with Crippen molar-refractivity contribution < 1.29 is 13.2 Å². The Kier molecular flexibility index (Phi) is 6.32. The molecule has 1 fully saturated rings. The third-order valence-corrected chi connectivity index (χ3v) is 7.22. The maximum Gasteiger partial charge on any atom is 0.416 e. The first-order valence-electron chi connectivity index (χ1n) is 12.0. The molecule has 4 aromatic rings. The van der Waals surface area contributed by atoms with Crippen LogP contribution in [0.4, 0.5) is 24.7 Å². The highest BCUT2D eigenvalue weighted by molar-refractivity contribution is 6.28. The summed E-state index contributed by atoms with van der Waals surface area (Å²) in [6, 6.07) is 13.6. The predicted octanol–water partition coefficient (Wildman–Crippen LogP) is 7.31. The number of hydrogen-bond acceptors (Lipinski definition) is 4. The molecule has 2 aromatic heterocycles. The quantitative estimate of drug-likeness (QED) is 0.209. The highest BCUT2D eigenvalue weighted by Gasteiger charge is 2.31. The topological polar surface area (TPSA) is 68.8 Å². The Labute approximate surface area is 212 Å². The number of nitrogen functional groups attached to an aromatic ring is 1. The average Bonchev–Trinajstić information content (AvgIpc) is 3.11. The molecule has 0 aliphatic heterocycles. The number of anilines is 2. The molecule has 0 spiro atoms. The first kappa shape index (κ1) is 24.4. The number of nitrogens with zero attached hydrogens (tertiary/aromatic N) is 3. The molecule has 0 radical (unpaired) electrons. The Morgan fingerprint density at radius 3 is 2.56 bits per heavy atom. The molecule has 0 saturated heterocycles. The Hall–Kier alpha value is -3.26. The second-order valence-corrected chi connectivity index (χ2v) is 9.93. The number of nitrogens with two attached hydrogens (primary N) is 1. The lowest BCUT2D eigenvalue weighted by Crippen LogP contribution is -2.31. The fourth-order valence-electron chi connectivity index (χ4n) is 4.81. The summed E-state index contributed by atoms with van der Waals surface area (Å²) >= 11 is 6.32. The summed E-state index contributed by atoms with van der Waals surface area (Å²) in [5.41, 5.74) is 10.3. The van der Waals surface area contributed by atoms with Crippen molar-refractivity contribution in [2.75, 3.05) is 11.1 Å². The van der Waals surface area contributed by atoms with E-state index in [9.17, 15) is 13.2 Å². The molecule has 9 heteroatoms. The lowest BCUT2D eigenvalue weighted by atomic mass is 9.80. The maximum atomic E-state index is 13.2. The number of hydrogen-bond donors (Lipinski definition) is 2. The van der Waals surface area contributed by atoms with Crippen molar-refractivity contribution in [2.24, 2.45) is 5.92 Å². The van der Waals surface area contributed by atoms with Crippen LogP contribution in [-0.4, -0.2) is 20.6 Å². The molecule has 0 bridgehead atoms. The van der Waals surface area contributed by atoms with Gasteiger partial charge in [-0.05, 0) is 79.6 Å². The van der Waals surface area contributed by atoms with Crippen LogP contribution in [0.2, 0.25) is 5.28 Å². The molecular weight excluding hydrogens is 487 g/mol. The predicted molar refractivity (Wildman–Crippen MR) is 138 cm³/mol. The molecule has 1 atom stereocenters. The number of alkyl halides is 3. The van der Waals surface area contributed by atoms with E-state index in [4.69, 9.17) is 17.3 Å². The van der Waals surface area contributed by atoms with Crippen LogP contribution in [0.1, 0.15) is 42.9 Å². The number of halogens is 4. The molecule has 3 N–H and O–H groups in total. The van der Waals surface area contributed by atoms with E-state index in [-0.39, 0.29) is 23.6 Å². The zero-order valence-electron chi connectivity index (χ0n) is 20.0. The standard InChI is InChI=1S/C27H27ClF3N5/c1-15-5-3-8-18(11-15)23-13-22-24(25(35-26(28)34-22)33-16(2)17-6-4-7-17)36(23)14-19-9-10-20(12-21(19)32)27(29,30)31/h3,5,8-13,16-17H,4,6-7,14,32H2,1-2H3,(H,33,34,35)/t16-/m1/s1. The van der Waals surface area contributed by atoms with Crippen molar-refractivity contribution in [2.45, 2.75) is 51.9 Å². The van der Waals surface area contributed by atoms with Gasteiger partial charge in [0, 0.05) is 11.7 Å². The molecule has 5 rings (SSSR count). The van der Waals surface area contributed by atoms with Gasteiger partial charge in [0.05, 0.1) is 23.3 Å². The highest BCUT2D eigenvalue weighted by Crippen LogP contribution is 2.37. The lowest BCUT2D eigenvalue weighted by molar-refractivity contribution is -0.137. The van der Waals surface area contributed by atoms with Crippen molar-refractivity contribution >= 4 is 34.1 Å². The molecule has 0 amide bonds. The van der Waals surface area contributed by atoms with Gasteiger partial charge in [0.15, 0.2) is 5.82 Å². The van der Waals surface area contributed by atoms with Crippen molar-refractivity contribution in [3.8, 4) is 11.3 Å². The monoisotopic (exact) mass is 513 g/mol. The summed E-state index contributed by atoms with van der Waals surface area (Å²) in [6.07, 6.45) is -0.919. The van der Waals surface area contributed by atoms with E-state index in [2.05, 4.69) is 28.3 Å². The zero-order valence-corrected chi connectivity index (χ0v) is 20.8. The molecule has 36 heavy (non-hydrogen) atoms. The average molecular weight is 514 g/mol. The van der Waals surface area contributed by atoms with Gasteiger partial charge in [-0.25, -0.2) is 4.98 Å². The van der Waals surface area contributed by atoms with Gasteiger partial charge >= 0.3 is 6.18 Å². The fraction of sp³-hybridized carbons (Fsp3) is 0.333. The van der Waals surface area contributed by atoms with Gasteiger partial charge in [0.2, 0.25) is 5.28 Å². The van der Waals surface area contributed by atoms with Gasteiger partial charge in [0.1, 0.15) is 5.52 Å². The van der Waals surface area contributed by atoms with Gasteiger partial charge in [-0.2, -0.15) is 18.2 Å². The Balaban J connectivity index is 1.67. The molecular formula is C27H27ClF3N5. The highest BCUT2D eigenvalue weighted by atomic mass is 35.5. The van der Waals surface area contributed by atoms with Crippen LogP contribution in [0.3, 0.4) is 0 Å². The molecule has 1 aliphatic rings. The van der Waals surface area contributed by atoms with E-state index in [0.717, 1.165) is 47.3 Å². The fourth-order valence-corrected chi connectivity index (χ4v) is 4.98. The van der Waals surface area contributed by atoms with Gasteiger partial charge in [-0.15, -0.1) is 0 Å². The largest absolute Gasteiger partial charge is 0.416 e. The minimum atomic E-state index is -4.46. The van der Waals surface area contributed by atoms with Gasteiger partial charge in [0.25, 0.3) is 0 Å². The van der Waals surface area contributed by atoms with E-state index < -0.39 is 11.7 Å².